The third-order valence-electron chi connectivity index (χ3n) is 2.51. The van der Waals surface area contributed by atoms with Gasteiger partial charge in [-0.3, -0.25) is 0 Å². The van der Waals surface area contributed by atoms with Crippen LogP contribution in [0, 0.1) is 6.92 Å². The van der Waals surface area contributed by atoms with Crippen LogP contribution in [0.1, 0.15) is 24.7 Å². The van der Waals surface area contributed by atoms with Crippen molar-refractivity contribution >= 4 is 34.9 Å². The largest absolute Gasteiger partial charge is 0.313 e. The molecule has 0 radical (unpaired) electrons. The molecule has 2 aromatic rings. The second kappa shape index (κ2) is 7.24. The monoisotopic (exact) mass is 313 g/mol. The van der Waals surface area contributed by atoms with Crippen LogP contribution in [0.3, 0.4) is 0 Å². The topological polar surface area (TPSA) is 37.8 Å². The smallest absolute Gasteiger partial charge is 0.174 e. The number of halogens is 1. The van der Waals surface area contributed by atoms with E-state index in [4.69, 9.17) is 11.6 Å². The standard InChI is InChI=1S/C13H16ClN3S2/c1-3-7-15-8-10-11(14)5-4-6-12(10)18-13-16-9(2)17-19-13/h4-6,15H,3,7-8H2,1-2H3. The summed E-state index contributed by atoms with van der Waals surface area (Å²) in [6.07, 6.45) is 1.11. The van der Waals surface area contributed by atoms with E-state index in [1.54, 1.807) is 11.8 Å². The number of hydrogen-bond donors (Lipinski definition) is 1. The maximum absolute atomic E-state index is 6.29. The predicted octanol–water partition coefficient (Wildman–Crippen LogP) is 4.15. The lowest BCUT2D eigenvalue weighted by Crippen LogP contribution is -2.14. The van der Waals surface area contributed by atoms with Gasteiger partial charge in [-0.25, -0.2) is 4.98 Å². The van der Waals surface area contributed by atoms with E-state index < -0.39 is 0 Å². The van der Waals surface area contributed by atoms with Crippen LogP contribution in [0.25, 0.3) is 0 Å². The molecule has 1 aromatic carbocycles. The fourth-order valence-electron chi connectivity index (χ4n) is 1.61. The van der Waals surface area contributed by atoms with Crippen LogP contribution >= 0.6 is 34.9 Å². The SMILES string of the molecule is CCCNCc1c(Cl)cccc1Sc1nc(C)ns1. The van der Waals surface area contributed by atoms with E-state index in [1.807, 2.05) is 19.1 Å². The molecule has 19 heavy (non-hydrogen) atoms. The molecule has 1 heterocycles. The van der Waals surface area contributed by atoms with E-state index in [0.717, 1.165) is 45.2 Å². The normalized spacial score (nSPS) is 10.9. The van der Waals surface area contributed by atoms with Crippen molar-refractivity contribution in [1.82, 2.24) is 14.7 Å². The van der Waals surface area contributed by atoms with Crippen molar-refractivity contribution in [1.29, 1.82) is 0 Å². The number of nitrogens with zero attached hydrogens (tertiary/aromatic N) is 2. The van der Waals surface area contributed by atoms with Gasteiger partial charge in [0.1, 0.15) is 5.82 Å². The number of aromatic nitrogens is 2. The zero-order valence-corrected chi connectivity index (χ0v) is 13.3. The molecule has 2 rings (SSSR count). The minimum Gasteiger partial charge on any atom is -0.313 e. The first kappa shape index (κ1) is 14.8. The summed E-state index contributed by atoms with van der Waals surface area (Å²) in [4.78, 5) is 5.53. The lowest BCUT2D eigenvalue weighted by Gasteiger charge is -2.10. The highest BCUT2D eigenvalue weighted by atomic mass is 35.5. The molecule has 1 aromatic heterocycles. The summed E-state index contributed by atoms with van der Waals surface area (Å²) in [6, 6.07) is 5.98. The highest BCUT2D eigenvalue weighted by Crippen LogP contribution is 2.34. The minimum absolute atomic E-state index is 0.785. The number of hydrogen-bond acceptors (Lipinski definition) is 5. The van der Waals surface area contributed by atoms with Gasteiger partial charge in [0.2, 0.25) is 0 Å². The highest BCUT2D eigenvalue weighted by Gasteiger charge is 2.10. The van der Waals surface area contributed by atoms with Crippen LogP contribution in [0.5, 0.6) is 0 Å². The fraction of sp³-hybridized carbons (Fsp3) is 0.385. The molecule has 0 fully saturated rings. The average molecular weight is 314 g/mol. The van der Waals surface area contributed by atoms with Crippen LogP contribution in [0.2, 0.25) is 5.02 Å². The van der Waals surface area contributed by atoms with Crippen molar-refractivity contribution in [2.75, 3.05) is 6.54 Å². The first-order valence-corrected chi connectivity index (χ1v) is 8.13. The predicted molar refractivity (Wildman–Crippen MR) is 82.2 cm³/mol. The van der Waals surface area contributed by atoms with E-state index in [1.165, 1.54) is 11.5 Å². The molecule has 0 aliphatic heterocycles. The Bertz CT molecular complexity index is 542. The highest BCUT2D eigenvalue weighted by molar-refractivity contribution is 8.01. The van der Waals surface area contributed by atoms with Gasteiger partial charge in [0, 0.05) is 16.5 Å². The van der Waals surface area contributed by atoms with Gasteiger partial charge in [-0.1, -0.05) is 36.4 Å². The molecule has 0 atom stereocenters. The van der Waals surface area contributed by atoms with Gasteiger partial charge in [0.15, 0.2) is 4.34 Å². The Hall–Kier alpha value is -0.620. The molecule has 1 N–H and O–H groups in total. The van der Waals surface area contributed by atoms with Gasteiger partial charge in [-0.15, -0.1) is 0 Å². The molecular formula is C13H16ClN3S2. The lowest BCUT2D eigenvalue weighted by molar-refractivity contribution is 0.669. The third-order valence-corrected chi connectivity index (χ3v) is 4.81. The summed E-state index contributed by atoms with van der Waals surface area (Å²) in [7, 11) is 0. The van der Waals surface area contributed by atoms with Crippen LogP contribution in [-0.2, 0) is 6.54 Å². The molecule has 0 unspecified atom stereocenters. The summed E-state index contributed by atoms with van der Waals surface area (Å²) >= 11 is 9.35. The number of rotatable bonds is 6. The second-order valence-corrected chi connectivity index (χ2v) is 6.55. The third kappa shape index (κ3) is 4.18. The van der Waals surface area contributed by atoms with Gasteiger partial charge in [-0.2, -0.15) is 4.37 Å². The fourth-order valence-corrected chi connectivity index (χ4v) is 3.68. The Morgan fingerprint density at radius 3 is 2.95 bits per heavy atom. The first-order chi connectivity index (χ1) is 9.20. The Morgan fingerprint density at radius 1 is 1.42 bits per heavy atom. The molecular weight excluding hydrogens is 298 g/mol. The molecule has 0 aliphatic rings. The summed E-state index contributed by atoms with van der Waals surface area (Å²) in [5, 5.41) is 4.19. The molecule has 6 heteroatoms. The molecule has 0 spiro atoms. The lowest BCUT2D eigenvalue weighted by atomic mass is 10.2. The van der Waals surface area contributed by atoms with Crippen molar-refractivity contribution in [2.45, 2.75) is 36.0 Å². The quantitative estimate of drug-likeness (QED) is 0.813. The van der Waals surface area contributed by atoms with Crippen LogP contribution in [0.4, 0.5) is 0 Å². The zero-order valence-electron chi connectivity index (χ0n) is 10.9. The molecule has 0 saturated carbocycles. The van der Waals surface area contributed by atoms with Gasteiger partial charge in [0.05, 0.1) is 0 Å². The average Bonchev–Trinajstić information content (AvgIpc) is 2.78. The molecule has 0 saturated heterocycles. The van der Waals surface area contributed by atoms with Crippen LogP contribution in [0.15, 0.2) is 27.4 Å². The Balaban J connectivity index is 2.16. The Morgan fingerprint density at radius 2 is 2.26 bits per heavy atom. The van der Waals surface area contributed by atoms with Crippen molar-refractivity contribution in [2.24, 2.45) is 0 Å². The van der Waals surface area contributed by atoms with Crippen molar-refractivity contribution < 1.29 is 0 Å². The number of benzene rings is 1. The van der Waals surface area contributed by atoms with E-state index in [0.29, 0.717) is 0 Å². The molecule has 3 nitrogen and oxygen atoms in total. The van der Waals surface area contributed by atoms with Crippen molar-refractivity contribution in [3.8, 4) is 0 Å². The molecule has 102 valence electrons. The zero-order chi connectivity index (χ0) is 13.7. The van der Waals surface area contributed by atoms with Crippen LogP contribution < -0.4 is 5.32 Å². The summed E-state index contributed by atoms with van der Waals surface area (Å²) in [6.45, 7) is 5.84. The van der Waals surface area contributed by atoms with Crippen LogP contribution in [-0.4, -0.2) is 15.9 Å². The maximum atomic E-state index is 6.29. The van der Waals surface area contributed by atoms with E-state index in [-0.39, 0.29) is 0 Å². The number of aryl methyl sites for hydroxylation is 1. The van der Waals surface area contributed by atoms with Crippen molar-refractivity contribution in [3.63, 3.8) is 0 Å². The van der Waals surface area contributed by atoms with E-state index in [9.17, 15) is 0 Å². The molecule has 0 bridgehead atoms. The summed E-state index contributed by atoms with van der Waals surface area (Å²) < 4.78 is 5.16. The Kier molecular flexibility index (Phi) is 5.63. The first-order valence-electron chi connectivity index (χ1n) is 6.17. The van der Waals surface area contributed by atoms with Gasteiger partial charge in [0.25, 0.3) is 0 Å². The van der Waals surface area contributed by atoms with E-state index in [2.05, 4.69) is 27.7 Å². The summed E-state index contributed by atoms with van der Waals surface area (Å²) in [5.74, 6) is 0.820. The van der Waals surface area contributed by atoms with E-state index >= 15 is 0 Å². The maximum Gasteiger partial charge on any atom is 0.174 e. The molecule has 0 aliphatic carbocycles. The Labute approximate surface area is 127 Å². The summed E-state index contributed by atoms with van der Waals surface area (Å²) in [5.41, 5.74) is 1.13. The van der Waals surface area contributed by atoms with Crippen molar-refractivity contribution in [3.05, 3.63) is 34.6 Å². The van der Waals surface area contributed by atoms with Gasteiger partial charge in [-0.05, 0) is 49.1 Å². The molecule has 0 amide bonds. The van der Waals surface area contributed by atoms with Gasteiger partial charge < -0.3 is 5.32 Å². The minimum atomic E-state index is 0.785. The van der Waals surface area contributed by atoms with Gasteiger partial charge >= 0.3 is 0 Å². The number of nitrogens with one attached hydrogen (secondary N) is 1. The second-order valence-electron chi connectivity index (χ2n) is 4.10.